The fraction of sp³-hybridized carbons (Fsp3) is 0.393. The van der Waals surface area contributed by atoms with Crippen LogP contribution < -0.4 is 0 Å². The molecule has 0 aromatic heterocycles. The maximum absolute atomic E-state index is 12.1. The van der Waals surface area contributed by atoms with Gasteiger partial charge in [0.25, 0.3) is 0 Å². The minimum atomic E-state index is -0.483. The number of halogens is 1. The van der Waals surface area contributed by atoms with Crippen LogP contribution in [0.4, 0.5) is 4.79 Å². The smallest absolute Gasteiger partial charge is 0.410 e. The van der Waals surface area contributed by atoms with Gasteiger partial charge in [0, 0.05) is 17.6 Å². The molecule has 0 radical (unpaired) electrons. The van der Waals surface area contributed by atoms with E-state index in [-0.39, 0.29) is 24.5 Å². The van der Waals surface area contributed by atoms with E-state index in [4.69, 9.17) is 9.47 Å². The second kappa shape index (κ2) is 13.8. The van der Waals surface area contributed by atoms with E-state index >= 15 is 0 Å². The number of carbonyl (C=O) groups is 3. The summed E-state index contributed by atoms with van der Waals surface area (Å²) in [5.74, 6) is -0.464. The van der Waals surface area contributed by atoms with Gasteiger partial charge >= 0.3 is 18.0 Å². The summed E-state index contributed by atoms with van der Waals surface area (Å²) in [4.78, 5) is 36.1. The van der Waals surface area contributed by atoms with Crippen LogP contribution in [0.15, 0.2) is 59.1 Å². The summed E-state index contributed by atoms with van der Waals surface area (Å²) >= 11 is 3.32. The van der Waals surface area contributed by atoms with E-state index in [1.807, 2.05) is 75.4 Å². The normalized spacial score (nSPS) is 13.1. The summed E-state index contributed by atoms with van der Waals surface area (Å²) in [7, 11) is 2.78. The molecule has 0 spiro atoms. The number of ether oxygens (including phenoxy) is 3. The lowest BCUT2D eigenvalue weighted by Gasteiger charge is -2.29. The van der Waals surface area contributed by atoms with Gasteiger partial charge in [0.05, 0.1) is 27.1 Å². The highest BCUT2D eigenvalue weighted by Gasteiger charge is 2.23. The maximum Gasteiger partial charge on any atom is 0.410 e. The highest BCUT2D eigenvalue weighted by Crippen LogP contribution is 2.24. The number of benzene rings is 2. The number of carbonyl (C=O) groups excluding carboxylic acids is 3. The van der Waals surface area contributed by atoms with Crippen molar-refractivity contribution < 1.29 is 28.6 Å². The van der Waals surface area contributed by atoms with Gasteiger partial charge in [-0.2, -0.15) is 0 Å². The molecule has 1 aliphatic heterocycles. The van der Waals surface area contributed by atoms with Crippen molar-refractivity contribution in [3.8, 4) is 0 Å². The van der Waals surface area contributed by atoms with Crippen molar-refractivity contribution in [1.82, 2.24) is 4.90 Å². The number of amides is 1. The second-order valence-corrected chi connectivity index (χ2v) is 10.2. The SMILES string of the molecule is COC(=O)Cc1cccc(Br)c1.COC(=O)Cc1cccc(C2=CCN(C(=O)OC(C)(C)C)CC2)c1. The Morgan fingerprint density at radius 3 is 2.00 bits per heavy atom. The van der Waals surface area contributed by atoms with Crippen molar-refractivity contribution in [3.63, 3.8) is 0 Å². The molecule has 1 amide bonds. The first-order valence-electron chi connectivity index (χ1n) is 11.6. The lowest BCUT2D eigenvalue weighted by Crippen LogP contribution is -2.39. The molecule has 0 saturated heterocycles. The number of esters is 2. The molecule has 1 heterocycles. The van der Waals surface area contributed by atoms with Gasteiger partial charge in [-0.15, -0.1) is 0 Å². The van der Waals surface area contributed by atoms with Gasteiger partial charge in [-0.25, -0.2) is 4.79 Å². The molecule has 0 saturated carbocycles. The average Bonchev–Trinajstić information content (AvgIpc) is 2.83. The molecule has 0 N–H and O–H groups in total. The van der Waals surface area contributed by atoms with Crippen LogP contribution in [0, 0.1) is 0 Å². The second-order valence-electron chi connectivity index (χ2n) is 9.24. The van der Waals surface area contributed by atoms with E-state index in [9.17, 15) is 14.4 Å². The molecule has 8 heteroatoms. The lowest BCUT2D eigenvalue weighted by atomic mass is 9.97. The summed E-state index contributed by atoms with van der Waals surface area (Å²) in [6.07, 6.45) is 3.13. The highest BCUT2D eigenvalue weighted by atomic mass is 79.9. The van der Waals surface area contributed by atoms with Crippen molar-refractivity contribution in [2.24, 2.45) is 0 Å². The quantitative estimate of drug-likeness (QED) is 0.350. The Kier molecular flexibility index (Phi) is 11.2. The van der Waals surface area contributed by atoms with Gasteiger partial charge in [0.2, 0.25) is 0 Å². The van der Waals surface area contributed by atoms with Crippen LogP contribution in [0.25, 0.3) is 5.57 Å². The van der Waals surface area contributed by atoms with E-state index in [2.05, 4.69) is 20.7 Å². The lowest BCUT2D eigenvalue weighted by molar-refractivity contribution is -0.140. The van der Waals surface area contributed by atoms with Crippen molar-refractivity contribution in [2.75, 3.05) is 27.3 Å². The maximum atomic E-state index is 12.1. The Labute approximate surface area is 221 Å². The first-order valence-corrected chi connectivity index (χ1v) is 12.4. The first-order chi connectivity index (χ1) is 17.0. The molecule has 0 atom stereocenters. The van der Waals surface area contributed by atoms with Crippen LogP contribution in [0.1, 0.15) is 43.9 Å². The van der Waals surface area contributed by atoms with Gasteiger partial charge in [-0.05, 0) is 61.6 Å². The summed E-state index contributed by atoms with van der Waals surface area (Å²) in [6.45, 7) is 6.75. The predicted molar refractivity (Wildman–Crippen MR) is 142 cm³/mol. The van der Waals surface area contributed by atoms with Crippen LogP contribution in [0.2, 0.25) is 0 Å². The van der Waals surface area contributed by atoms with Gasteiger partial charge in [0.1, 0.15) is 5.60 Å². The Morgan fingerprint density at radius 2 is 1.50 bits per heavy atom. The first kappa shape index (κ1) is 29.1. The fourth-order valence-electron chi connectivity index (χ4n) is 3.43. The fourth-order valence-corrected chi connectivity index (χ4v) is 3.88. The van der Waals surface area contributed by atoms with Crippen LogP contribution >= 0.6 is 15.9 Å². The molecule has 7 nitrogen and oxygen atoms in total. The third-order valence-electron chi connectivity index (χ3n) is 5.20. The largest absolute Gasteiger partial charge is 0.469 e. The minimum absolute atomic E-state index is 0.215. The Hall–Kier alpha value is -3.13. The summed E-state index contributed by atoms with van der Waals surface area (Å²) in [5.41, 5.74) is 3.66. The number of hydrogen-bond acceptors (Lipinski definition) is 6. The monoisotopic (exact) mass is 559 g/mol. The molecular formula is C28H34BrNO6. The molecule has 0 fully saturated rings. The zero-order chi connectivity index (χ0) is 26.7. The molecular weight excluding hydrogens is 526 g/mol. The van der Waals surface area contributed by atoms with E-state index in [0.29, 0.717) is 19.5 Å². The van der Waals surface area contributed by atoms with Crippen molar-refractivity contribution in [1.29, 1.82) is 0 Å². The van der Waals surface area contributed by atoms with E-state index in [1.165, 1.54) is 19.8 Å². The predicted octanol–water partition coefficient (Wildman–Crippen LogP) is 5.59. The van der Waals surface area contributed by atoms with Gasteiger partial charge in [0.15, 0.2) is 0 Å². The molecule has 0 aliphatic carbocycles. The molecule has 0 unspecified atom stereocenters. The highest BCUT2D eigenvalue weighted by molar-refractivity contribution is 9.10. The van der Waals surface area contributed by atoms with Crippen LogP contribution in [-0.2, 0) is 36.6 Å². The Morgan fingerprint density at radius 1 is 0.917 bits per heavy atom. The van der Waals surface area contributed by atoms with E-state index < -0.39 is 5.60 Å². The van der Waals surface area contributed by atoms with Crippen LogP contribution in [0.5, 0.6) is 0 Å². The number of methoxy groups -OCH3 is 2. The Balaban J connectivity index is 0.000000319. The van der Waals surface area contributed by atoms with E-state index in [0.717, 1.165) is 27.6 Å². The molecule has 3 rings (SSSR count). The zero-order valence-electron chi connectivity index (χ0n) is 21.5. The third kappa shape index (κ3) is 10.2. The van der Waals surface area contributed by atoms with Crippen molar-refractivity contribution in [2.45, 2.75) is 45.6 Å². The molecule has 2 aromatic carbocycles. The van der Waals surface area contributed by atoms with E-state index in [1.54, 1.807) is 4.90 Å². The standard InChI is InChI=1S/C19H25NO4.C9H9BrO2/c1-19(2,3)24-18(22)20-10-8-15(9-11-20)16-7-5-6-14(12-16)13-17(21)23-4;1-12-9(11)6-7-3-2-4-8(10)5-7/h5-8,12H,9-11,13H2,1-4H3;2-5H,6H2,1H3. The minimum Gasteiger partial charge on any atom is -0.469 e. The van der Waals surface area contributed by atoms with Crippen LogP contribution in [-0.4, -0.2) is 55.8 Å². The topological polar surface area (TPSA) is 82.1 Å². The molecule has 0 bridgehead atoms. The zero-order valence-corrected chi connectivity index (χ0v) is 23.1. The van der Waals surface area contributed by atoms with Gasteiger partial charge < -0.3 is 19.1 Å². The van der Waals surface area contributed by atoms with Gasteiger partial charge in [-0.3, -0.25) is 9.59 Å². The molecule has 36 heavy (non-hydrogen) atoms. The summed E-state index contributed by atoms with van der Waals surface area (Å²) in [6, 6.07) is 15.5. The summed E-state index contributed by atoms with van der Waals surface area (Å²) in [5, 5.41) is 0. The number of hydrogen-bond donors (Lipinski definition) is 0. The number of rotatable bonds is 5. The Bertz CT molecular complexity index is 1090. The third-order valence-corrected chi connectivity index (χ3v) is 5.69. The molecule has 1 aliphatic rings. The average molecular weight is 560 g/mol. The van der Waals surface area contributed by atoms with Crippen molar-refractivity contribution >= 4 is 39.5 Å². The number of nitrogens with zero attached hydrogens (tertiary/aromatic N) is 1. The molecule has 2 aromatic rings. The van der Waals surface area contributed by atoms with Gasteiger partial charge in [-0.1, -0.05) is 58.4 Å². The van der Waals surface area contributed by atoms with Crippen molar-refractivity contribution in [3.05, 3.63) is 75.8 Å². The molecule has 194 valence electrons. The summed E-state index contributed by atoms with van der Waals surface area (Å²) < 4.78 is 15.6. The van der Waals surface area contributed by atoms with Crippen LogP contribution in [0.3, 0.4) is 0 Å².